The first kappa shape index (κ1) is 22.6. The second kappa shape index (κ2) is 9.36. The quantitative estimate of drug-likeness (QED) is 0.238. The van der Waals surface area contributed by atoms with Crippen molar-refractivity contribution in [1.29, 1.82) is 0 Å². The van der Waals surface area contributed by atoms with Gasteiger partial charge in [-0.15, -0.1) is 0 Å². The van der Waals surface area contributed by atoms with E-state index in [4.69, 9.17) is 0 Å². The Morgan fingerprint density at radius 3 is 1.79 bits per heavy atom. The number of fused-ring (bicyclic) bond motifs is 3. The fraction of sp³-hybridized carbons (Fsp3) is 0.0811. The Morgan fingerprint density at radius 1 is 0.526 bits per heavy atom. The Balaban J connectivity index is 1.59. The number of rotatable bonds is 5. The van der Waals surface area contributed by atoms with Crippen molar-refractivity contribution in [2.75, 3.05) is 4.90 Å². The molecule has 1 atom stereocenters. The molecular formula is C37H29N. The number of para-hydroxylation sites is 2. The Hall–Kier alpha value is -4.62. The Labute approximate surface area is 225 Å². The van der Waals surface area contributed by atoms with E-state index in [9.17, 15) is 0 Å². The van der Waals surface area contributed by atoms with Gasteiger partial charge in [-0.2, -0.15) is 0 Å². The average Bonchev–Trinajstić information content (AvgIpc) is 3.31. The summed E-state index contributed by atoms with van der Waals surface area (Å²) in [5, 5.41) is 0. The second-order valence-corrected chi connectivity index (χ2v) is 10.0. The first-order chi connectivity index (χ1) is 18.9. The molecule has 0 amide bonds. The van der Waals surface area contributed by atoms with E-state index in [0.717, 1.165) is 24.2 Å². The molecule has 38 heavy (non-hydrogen) atoms. The lowest BCUT2D eigenvalue weighted by molar-refractivity contribution is 0.751. The predicted octanol–water partition coefficient (Wildman–Crippen LogP) is 9.75. The molecule has 1 heteroatoms. The van der Waals surface area contributed by atoms with Crippen LogP contribution in [0.4, 0.5) is 17.1 Å². The minimum atomic E-state index is -0.362. The summed E-state index contributed by atoms with van der Waals surface area (Å²) in [6.45, 7) is 0. The van der Waals surface area contributed by atoms with Crippen molar-refractivity contribution >= 4 is 17.1 Å². The lowest BCUT2D eigenvalue weighted by Crippen LogP contribution is -2.29. The zero-order valence-corrected chi connectivity index (χ0v) is 21.3. The van der Waals surface area contributed by atoms with E-state index in [1.807, 2.05) is 0 Å². The van der Waals surface area contributed by atoms with E-state index in [0.29, 0.717) is 0 Å². The van der Waals surface area contributed by atoms with Crippen LogP contribution in [0.1, 0.15) is 29.5 Å². The van der Waals surface area contributed by atoms with Crippen LogP contribution in [0.25, 0.3) is 11.1 Å². The van der Waals surface area contributed by atoms with Gasteiger partial charge in [-0.3, -0.25) is 0 Å². The summed E-state index contributed by atoms with van der Waals surface area (Å²) in [4.78, 5) is 2.40. The third-order valence-corrected chi connectivity index (χ3v) is 7.95. The zero-order valence-electron chi connectivity index (χ0n) is 21.3. The van der Waals surface area contributed by atoms with Crippen molar-refractivity contribution in [3.8, 4) is 11.1 Å². The molecule has 0 spiro atoms. The van der Waals surface area contributed by atoms with Crippen molar-refractivity contribution in [3.63, 3.8) is 0 Å². The summed E-state index contributed by atoms with van der Waals surface area (Å²) in [5.74, 6) is 0. The Morgan fingerprint density at radius 2 is 1.13 bits per heavy atom. The number of anilines is 3. The standard InChI is InChI=1S/C37H29N/c1-5-16-28(17-6-1)37(29-18-7-2-8-19-29)33-25-14-13-24-32(33)36-34(37)26-15-27-35(36)38(30-20-9-3-10-21-30)31-22-11-4-12-23-31/h1,3-7,9-27H,2,8H2. The summed E-state index contributed by atoms with van der Waals surface area (Å²) in [6.07, 6.45) is 9.32. The molecular weight excluding hydrogens is 458 g/mol. The van der Waals surface area contributed by atoms with E-state index in [1.54, 1.807) is 0 Å². The maximum atomic E-state index is 2.46. The molecule has 0 aromatic heterocycles. The van der Waals surface area contributed by atoms with E-state index in [2.05, 4.69) is 157 Å². The zero-order chi connectivity index (χ0) is 25.4. The fourth-order valence-corrected chi connectivity index (χ4v) is 6.44. The number of hydrogen-bond donors (Lipinski definition) is 0. The minimum Gasteiger partial charge on any atom is -0.310 e. The highest BCUT2D eigenvalue weighted by Crippen LogP contribution is 2.60. The minimum absolute atomic E-state index is 0.362. The van der Waals surface area contributed by atoms with E-state index < -0.39 is 0 Å². The summed E-state index contributed by atoms with van der Waals surface area (Å²) in [7, 11) is 0. The Bertz CT molecular complexity index is 1610. The Kier molecular flexibility index (Phi) is 5.56. The van der Waals surface area contributed by atoms with Gasteiger partial charge >= 0.3 is 0 Å². The van der Waals surface area contributed by atoms with Crippen LogP contribution in [0.5, 0.6) is 0 Å². The van der Waals surface area contributed by atoms with Crippen LogP contribution in [0.3, 0.4) is 0 Å². The van der Waals surface area contributed by atoms with Crippen LogP contribution in [0.2, 0.25) is 0 Å². The van der Waals surface area contributed by atoms with Crippen molar-refractivity contribution in [3.05, 3.63) is 174 Å². The molecule has 5 aromatic carbocycles. The number of hydrogen-bond acceptors (Lipinski definition) is 1. The SMILES string of the molecule is C1=CC(C2(c3ccccc3)c3ccccc3-c3c(N(c4ccccc4)c4ccccc4)cccc32)=CCC1. The monoisotopic (exact) mass is 487 g/mol. The highest BCUT2D eigenvalue weighted by atomic mass is 15.1. The van der Waals surface area contributed by atoms with Gasteiger partial charge in [-0.05, 0) is 71.0 Å². The second-order valence-electron chi connectivity index (χ2n) is 10.0. The van der Waals surface area contributed by atoms with Crippen LogP contribution in [0.15, 0.2) is 157 Å². The maximum absolute atomic E-state index is 2.46. The molecule has 2 aliphatic carbocycles. The molecule has 1 unspecified atom stereocenters. The van der Waals surface area contributed by atoms with Gasteiger partial charge in [0.05, 0.1) is 11.1 Å². The summed E-state index contributed by atoms with van der Waals surface area (Å²) < 4.78 is 0. The largest absolute Gasteiger partial charge is 0.310 e. The molecule has 0 bridgehead atoms. The summed E-state index contributed by atoms with van der Waals surface area (Å²) >= 11 is 0. The van der Waals surface area contributed by atoms with E-state index >= 15 is 0 Å². The van der Waals surface area contributed by atoms with Gasteiger partial charge < -0.3 is 4.90 Å². The van der Waals surface area contributed by atoms with Crippen molar-refractivity contribution in [2.45, 2.75) is 18.3 Å². The molecule has 5 aromatic rings. The number of nitrogens with zero attached hydrogens (tertiary/aromatic N) is 1. The third kappa shape index (κ3) is 3.39. The highest BCUT2D eigenvalue weighted by Gasteiger charge is 2.47. The molecule has 2 aliphatic rings. The third-order valence-electron chi connectivity index (χ3n) is 7.95. The molecule has 1 nitrogen and oxygen atoms in total. The van der Waals surface area contributed by atoms with E-state index in [1.165, 1.54) is 39.1 Å². The lowest BCUT2D eigenvalue weighted by Gasteiger charge is -2.36. The van der Waals surface area contributed by atoms with Gasteiger partial charge in [0.15, 0.2) is 0 Å². The maximum Gasteiger partial charge on any atom is 0.0711 e. The van der Waals surface area contributed by atoms with Gasteiger partial charge in [-0.1, -0.05) is 121 Å². The molecule has 0 N–H and O–H groups in total. The van der Waals surface area contributed by atoms with Crippen LogP contribution in [-0.4, -0.2) is 0 Å². The molecule has 0 radical (unpaired) electrons. The predicted molar refractivity (Wildman–Crippen MR) is 159 cm³/mol. The highest BCUT2D eigenvalue weighted by molar-refractivity contribution is 5.97. The first-order valence-corrected chi connectivity index (χ1v) is 13.5. The van der Waals surface area contributed by atoms with Gasteiger partial charge in [-0.25, -0.2) is 0 Å². The molecule has 0 heterocycles. The van der Waals surface area contributed by atoms with Gasteiger partial charge in [0.1, 0.15) is 0 Å². The molecule has 7 rings (SSSR count). The van der Waals surface area contributed by atoms with Gasteiger partial charge in [0.2, 0.25) is 0 Å². The number of benzene rings is 5. The first-order valence-electron chi connectivity index (χ1n) is 13.5. The van der Waals surface area contributed by atoms with Crippen LogP contribution in [0, 0.1) is 0 Å². The van der Waals surface area contributed by atoms with Crippen LogP contribution >= 0.6 is 0 Å². The normalized spacial score (nSPS) is 17.4. The van der Waals surface area contributed by atoms with Crippen molar-refractivity contribution in [1.82, 2.24) is 0 Å². The smallest absolute Gasteiger partial charge is 0.0711 e. The summed E-state index contributed by atoms with van der Waals surface area (Å²) in [6, 6.07) is 48.4. The average molecular weight is 488 g/mol. The lowest BCUT2D eigenvalue weighted by atomic mass is 9.66. The fourth-order valence-electron chi connectivity index (χ4n) is 6.44. The molecule has 0 aliphatic heterocycles. The van der Waals surface area contributed by atoms with Crippen molar-refractivity contribution < 1.29 is 0 Å². The number of allylic oxidation sites excluding steroid dienone is 4. The topological polar surface area (TPSA) is 3.24 Å². The molecule has 182 valence electrons. The van der Waals surface area contributed by atoms with Gasteiger partial charge in [0.25, 0.3) is 0 Å². The van der Waals surface area contributed by atoms with Gasteiger partial charge in [0, 0.05) is 16.9 Å². The van der Waals surface area contributed by atoms with E-state index in [-0.39, 0.29) is 5.41 Å². The van der Waals surface area contributed by atoms with Crippen LogP contribution in [-0.2, 0) is 5.41 Å². The summed E-state index contributed by atoms with van der Waals surface area (Å²) in [5.41, 5.74) is 11.1. The molecule has 0 fully saturated rings. The molecule has 0 saturated carbocycles. The van der Waals surface area contributed by atoms with Crippen LogP contribution < -0.4 is 4.90 Å². The molecule has 0 saturated heterocycles. The van der Waals surface area contributed by atoms with Crippen molar-refractivity contribution in [2.24, 2.45) is 0 Å².